The fraction of sp³-hybridized carbons (Fsp3) is 0.130. The predicted molar refractivity (Wildman–Crippen MR) is 119 cm³/mol. The number of rotatable bonds is 4. The van der Waals surface area contributed by atoms with Gasteiger partial charge in [0.2, 0.25) is 0 Å². The topological polar surface area (TPSA) is 27.7 Å². The minimum Gasteiger partial charge on any atom is -0.497 e. The molecule has 0 N–H and O–H groups in total. The molecule has 0 atom stereocenters. The fourth-order valence-corrected chi connectivity index (χ4v) is 4.50. The molecule has 4 heteroatoms. The Morgan fingerprint density at radius 1 is 0.556 bits per heavy atom. The van der Waals surface area contributed by atoms with Crippen LogP contribution in [0.3, 0.4) is 0 Å². The number of methoxy groups -OCH3 is 3. The maximum atomic E-state index is 5.50. The lowest BCUT2D eigenvalue weighted by Crippen LogP contribution is -1.93. The molecular formula is C23H19IO3. The Morgan fingerprint density at radius 3 is 1.59 bits per heavy atom. The van der Waals surface area contributed by atoms with Gasteiger partial charge in [0.1, 0.15) is 17.2 Å². The maximum Gasteiger partial charge on any atom is 0.119 e. The summed E-state index contributed by atoms with van der Waals surface area (Å²) in [5.74, 6) is 2.55. The molecule has 0 unspecified atom stereocenters. The third-order valence-electron chi connectivity index (χ3n) is 4.85. The quantitative estimate of drug-likeness (QED) is 0.259. The SMILES string of the molecule is COc1ccc(-c2c(I)c3cc(OC)ccc3c3ccc(OC)cc23)cc1. The van der Waals surface area contributed by atoms with E-state index in [4.69, 9.17) is 14.2 Å². The summed E-state index contributed by atoms with van der Waals surface area (Å²) >= 11 is 2.44. The summed E-state index contributed by atoms with van der Waals surface area (Å²) in [4.78, 5) is 0. The molecule has 0 spiro atoms. The van der Waals surface area contributed by atoms with Gasteiger partial charge >= 0.3 is 0 Å². The van der Waals surface area contributed by atoms with Gasteiger partial charge in [-0.2, -0.15) is 0 Å². The lowest BCUT2D eigenvalue weighted by atomic mass is 9.93. The third kappa shape index (κ3) is 3.08. The Kier molecular flexibility index (Phi) is 4.83. The highest BCUT2D eigenvalue weighted by atomic mass is 127. The van der Waals surface area contributed by atoms with Crippen LogP contribution in [0.2, 0.25) is 0 Å². The minimum absolute atomic E-state index is 0.845. The van der Waals surface area contributed by atoms with Crippen molar-refractivity contribution in [1.29, 1.82) is 0 Å². The summed E-state index contributed by atoms with van der Waals surface area (Å²) in [7, 11) is 5.08. The molecule has 4 rings (SSSR count). The molecule has 0 heterocycles. The molecule has 0 amide bonds. The van der Waals surface area contributed by atoms with E-state index in [0.29, 0.717) is 0 Å². The Labute approximate surface area is 172 Å². The molecule has 27 heavy (non-hydrogen) atoms. The third-order valence-corrected chi connectivity index (χ3v) is 5.97. The van der Waals surface area contributed by atoms with Gasteiger partial charge < -0.3 is 14.2 Å². The van der Waals surface area contributed by atoms with E-state index in [1.54, 1.807) is 21.3 Å². The second-order valence-corrected chi connectivity index (χ2v) is 7.32. The first-order valence-corrected chi connectivity index (χ1v) is 9.65. The molecule has 0 aliphatic carbocycles. The van der Waals surface area contributed by atoms with Crippen molar-refractivity contribution in [3.63, 3.8) is 0 Å². The van der Waals surface area contributed by atoms with E-state index in [9.17, 15) is 0 Å². The zero-order valence-corrected chi connectivity index (χ0v) is 17.5. The van der Waals surface area contributed by atoms with Crippen molar-refractivity contribution in [3.05, 3.63) is 64.2 Å². The smallest absolute Gasteiger partial charge is 0.119 e. The van der Waals surface area contributed by atoms with Crippen molar-refractivity contribution < 1.29 is 14.2 Å². The van der Waals surface area contributed by atoms with Crippen LogP contribution < -0.4 is 14.2 Å². The van der Waals surface area contributed by atoms with Crippen molar-refractivity contribution in [1.82, 2.24) is 0 Å². The van der Waals surface area contributed by atoms with E-state index in [0.717, 1.165) is 22.8 Å². The first-order chi connectivity index (χ1) is 13.2. The molecule has 3 nitrogen and oxygen atoms in total. The molecule has 0 saturated heterocycles. The lowest BCUT2D eigenvalue weighted by molar-refractivity contribution is 0.415. The van der Waals surface area contributed by atoms with Crippen LogP contribution >= 0.6 is 22.6 Å². The average molecular weight is 470 g/mol. The molecule has 0 saturated carbocycles. The van der Waals surface area contributed by atoms with Crippen LogP contribution in [0.5, 0.6) is 17.2 Å². The number of halogens is 1. The number of benzene rings is 4. The van der Waals surface area contributed by atoms with Crippen LogP contribution in [0.4, 0.5) is 0 Å². The highest BCUT2D eigenvalue weighted by molar-refractivity contribution is 14.1. The Bertz CT molecular complexity index is 1130. The molecule has 0 aliphatic heterocycles. The van der Waals surface area contributed by atoms with Gasteiger partial charge in [-0.25, -0.2) is 0 Å². The van der Waals surface area contributed by atoms with Crippen LogP contribution in [0.25, 0.3) is 32.7 Å². The standard InChI is InChI=1S/C23H19IO3/c1-25-15-6-4-14(5-7-15)22-20-12-16(26-2)8-10-18(20)19-11-9-17(27-3)13-21(19)23(22)24/h4-13H,1-3H3. The molecule has 4 aromatic rings. The molecule has 0 aliphatic rings. The van der Waals surface area contributed by atoms with E-state index in [1.165, 1.54) is 30.7 Å². The van der Waals surface area contributed by atoms with Gasteiger partial charge in [-0.1, -0.05) is 24.3 Å². The predicted octanol–water partition coefficient (Wildman–Crippen LogP) is 6.29. The monoisotopic (exact) mass is 470 g/mol. The fourth-order valence-electron chi connectivity index (χ4n) is 3.45. The summed E-state index contributed by atoms with van der Waals surface area (Å²) in [6, 6.07) is 20.7. The summed E-state index contributed by atoms with van der Waals surface area (Å²) in [5.41, 5.74) is 2.33. The van der Waals surface area contributed by atoms with Gasteiger partial charge in [-0.3, -0.25) is 0 Å². The van der Waals surface area contributed by atoms with Crippen molar-refractivity contribution in [2.24, 2.45) is 0 Å². The van der Waals surface area contributed by atoms with E-state index in [1.807, 2.05) is 24.3 Å². The van der Waals surface area contributed by atoms with Crippen LogP contribution in [0.1, 0.15) is 0 Å². The summed E-state index contributed by atoms with van der Waals surface area (Å²) < 4.78 is 17.5. The number of fused-ring (bicyclic) bond motifs is 3. The van der Waals surface area contributed by atoms with Crippen LogP contribution in [0, 0.1) is 3.57 Å². The van der Waals surface area contributed by atoms with Gasteiger partial charge in [-0.05, 0) is 86.1 Å². The molecule has 136 valence electrons. The molecule has 4 aromatic carbocycles. The largest absolute Gasteiger partial charge is 0.497 e. The summed E-state index contributed by atoms with van der Waals surface area (Å²) in [5, 5.41) is 4.75. The molecule has 0 aromatic heterocycles. The van der Waals surface area contributed by atoms with E-state index in [-0.39, 0.29) is 0 Å². The van der Waals surface area contributed by atoms with Crippen molar-refractivity contribution in [3.8, 4) is 28.4 Å². The minimum atomic E-state index is 0.845. The zero-order chi connectivity index (χ0) is 19.0. The zero-order valence-electron chi connectivity index (χ0n) is 15.4. The number of ether oxygens (including phenoxy) is 3. The maximum absolute atomic E-state index is 5.50. The van der Waals surface area contributed by atoms with Gasteiger partial charge in [0.25, 0.3) is 0 Å². The number of hydrogen-bond donors (Lipinski definition) is 0. The summed E-state index contributed by atoms with van der Waals surface area (Å²) in [6.45, 7) is 0. The molecular weight excluding hydrogens is 451 g/mol. The van der Waals surface area contributed by atoms with Gasteiger partial charge in [0, 0.05) is 9.13 Å². The van der Waals surface area contributed by atoms with Gasteiger partial charge in [-0.15, -0.1) is 0 Å². The van der Waals surface area contributed by atoms with Crippen LogP contribution in [0.15, 0.2) is 60.7 Å². The highest BCUT2D eigenvalue weighted by Crippen LogP contribution is 2.42. The van der Waals surface area contributed by atoms with Crippen LogP contribution in [-0.2, 0) is 0 Å². The van der Waals surface area contributed by atoms with Crippen LogP contribution in [-0.4, -0.2) is 21.3 Å². The summed E-state index contributed by atoms with van der Waals surface area (Å²) in [6.07, 6.45) is 0. The number of hydrogen-bond acceptors (Lipinski definition) is 3. The van der Waals surface area contributed by atoms with E-state index < -0.39 is 0 Å². The molecule has 0 fully saturated rings. The van der Waals surface area contributed by atoms with E-state index in [2.05, 4.69) is 59.0 Å². The van der Waals surface area contributed by atoms with E-state index >= 15 is 0 Å². The second-order valence-electron chi connectivity index (χ2n) is 6.24. The molecule has 0 bridgehead atoms. The van der Waals surface area contributed by atoms with Gasteiger partial charge in [0.05, 0.1) is 21.3 Å². The Morgan fingerprint density at radius 2 is 1.04 bits per heavy atom. The highest BCUT2D eigenvalue weighted by Gasteiger charge is 2.16. The van der Waals surface area contributed by atoms with Crippen molar-refractivity contribution in [2.75, 3.05) is 21.3 Å². The normalized spacial score (nSPS) is 11.0. The first-order valence-electron chi connectivity index (χ1n) is 8.57. The second kappa shape index (κ2) is 7.27. The average Bonchev–Trinajstić information content (AvgIpc) is 2.73. The molecule has 0 radical (unpaired) electrons. The Hall–Kier alpha value is -2.47. The first kappa shape index (κ1) is 17.9. The van der Waals surface area contributed by atoms with Crippen molar-refractivity contribution >= 4 is 44.1 Å². The van der Waals surface area contributed by atoms with Gasteiger partial charge in [0.15, 0.2) is 0 Å². The van der Waals surface area contributed by atoms with Crippen molar-refractivity contribution in [2.45, 2.75) is 0 Å². The Balaban J connectivity index is 2.13. The lowest BCUT2D eigenvalue weighted by Gasteiger charge is -2.16.